The van der Waals surface area contributed by atoms with Crippen LogP contribution in [-0.4, -0.2) is 41.2 Å². The number of halogens is 1. The zero-order valence-corrected chi connectivity index (χ0v) is 16.0. The summed E-state index contributed by atoms with van der Waals surface area (Å²) in [4.78, 5) is 40.4. The maximum Gasteiger partial charge on any atom is 0.325 e. The third kappa shape index (κ3) is 3.47. The Morgan fingerprint density at radius 1 is 1.14 bits per heavy atom. The van der Waals surface area contributed by atoms with E-state index in [1.807, 2.05) is 6.07 Å². The molecule has 0 aliphatic carbocycles. The highest BCUT2D eigenvalue weighted by Gasteiger charge is 2.49. The van der Waals surface area contributed by atoms with E-state index < -0.39 is 23.4 Å². The fourth-order valence-electron chi connectivity index (χ4n) is 3.24. The maximum atomic E-state index is 13.1. The molecule has 0 saturated carbocycles. The predicted molar refractivity (Wildman–Crippen MR) is 102 cm³/mol. The van der Waals surface area contributed by atoms with E-state index in [-0.39, 0.29) is 18.4 Å². The zero-order valence-electron chi connectivity index (χ0n) is 16.0. The highest BCUT2D eigenvalue weighted by Crippen LogP contribution is 2.29. The summed E-state index contributed by atoms with van der Waals surface area (Å²) < 4.78 is 13.1. The van der Waals surface area contributed by atoms with Crippen molar-refractivity contribution in [2.75, 3.05) is 13.6 Å². The standard InChI is InChI=1S/C21H22FN3O3/c1-14(15-9-11-17(22)12-10-15)24(3)18(26)13-25-19(27)21(2,23-20(25)28)16-7-5-4-6-8-16/h4-12,14H,13H2,1-3H3,(H,23,28). The number of carbonyl (C=O) groups is 3. The van der Waals surface area contributed by atoms with Crippen LogP contribution >= 0.6 is 0 Å². The smallest absolute Gasteiger partial charge is 0.325 e. The lowest BCUT2D eigenvalue weighted by atomic mass is 9.92. The number of likely N-dealkylation sites (N-methyl/N-ethyl adjacent to an activating group) is 1. The van der Waals surface area contributed by atoms with Gasteiger partial charge in [-0.25, -0.2) is 9.18 Å². The van der Waals surface area contributed by atoms with Gasteiger partial charge in [0.05, 0.1) is 6.04 Å². The van der Waals surface area contributed by atoms with Crippen molar-refractivity contribution in [2.24, 2.45) is 0 Å². The summed E-state index contributed by atoms with van der Waals surface area (Å²) >= 11 is 0. The van der Waals surface area contributed by atoms with Crippen LogP contribution < -0.4 is 5.32 Å². The Morgan fingerprint density at radius 3 is 2.36 bits per heavy atom. The minimum atomic E-state index is -1.21. The first-order chi connectivity index (χ1) is 13.2. The van der Waals surface area contributed by atoms with Crippen LogP contribution in [0.4, 0.5) is 9.18 Å². The van der Waals surface area contributed by atoms with Crippen molar-refractivity contribution in [1.29, 1.82) is 0 Å². The molecule has 0 bridgehead atoms. The Kier molecular flexibility index (Phi) is 5.18. The number of nitrogens with zero attached hydrogens (tertiary/aromatic N) is 2. The molecule has 3 rings (SSSR count). The quantitative estimate of drug-likeness (QED) is 0.808. The van der Waals surface area contributed by atoms with Gasteiger partial charge in [-0.3, -0.25) is 14.5 Å². The Labute approximate surface area is 162 Å². The van der Waals surface area contributed by atoms with Crippen LogP contribution in [0.5, 0.6) is 0 Å². The first-order valence-corrected chi connectivity index (χ1v) is 8.95. The molecule has 1 aliphatic rings. The predicted octanol–water partition coefficient (Wildman–Crippen LogP) is 2.81. The number of hydrogen-bond acceptors (Lipinski definition) is 3. The molecule has 1 N–H and O–H groups in total. The van der Waals surface area contributed by atoms with Crippen LogP contribution in [0, 0.1) is 5.82 Å². The largest absolute Gasteiger partial charge is 0.337 e. The molecule has 1 aliphatic heterocycles. The summed E-state index contributed by atoms with van der Waals surface area (Å²) in [5.74, 6) is -1.22. The van der Waals surface area contributed by atoms with Gasteiger partial charge in [0, 0.05) is 7.05 Å². The van der Waals surface area contributed by atoms with Crippen molar-refractivity contribution < 1.29 is 18.8 Å². The number of hydrogen-bond donors (Lipinski definition) is 1. The zero-order chi connectivity index (χ0) is 20.5. The van der Waals surface area contributed by atoms with E-state index in [0.29, 0.717) is 5.56 Å². The molecule has 2 atom stereocenters. The van der Waals surface area contributed by atoms with E-state index in [9.17, 15) is 18.8 Å². The van der Waals surface area contributed by atoms with E-state index in [4.69, 9.17) is 0 Å². The number of nitrogens with one attached hydrogen (secondary N) is 1. The van der Waals surface area contributed by atoms with E-state index in [1.54, 1.807) is 57.3 Å². The number of carbonyl (C=O) groups excluding carboxylic acids is 3. The molecule has 146 valence electrons. The Bertz CT molecular complexity index is 901. The monoisotopic (exact) mass is 383 g/mol. The third-order valence-corrected chi connectivity index (χ3v) is 5.25. The van der Waals surface area contributed by atoms with Crippen molar-refractivity contribution in [3.05, 3.63) is 71.5 Å². The van der Waals surface area contributed by atoms with Gasteiger partial charge in [-0.2, -0.15) is 0 Å². The second-order valence-electron chi connectivity index (χ2n) is 7.04. The average molecular weight is 383 g/mol. The molecule has 28 heavy (non-hydrogen) atoms. The van der Waals surface area contributed by atoms with Gasteiger partial charge in [0.25, 0.3) is 5.91 Å². The summed E-state index contributed by atoms with van der Waals surface area (Å²) in [5.41, 5.74) is 0.194. The van der Waals surface area contributed by atoms with Crippen LogP contribution in [0.2, 0.25) is 0 Å². The average Bonchev–Trinajstić information content (AvgIpc) is 2.92. The minimum Gasteiger partial charge on any atom is -0.337 e. The second-order valence-corrected chi connectivity index (χ2v) is 7.04. The normalized spacial score (nSPS) is 20.1. The molecule has 7 heteroatoms. The van der Waals surface area contributed by atoms with Crippen LogP contribution in [0.25, 0.3) is 0 Å². The van der Waals surface area contributed by atoms with Crippen molar-refractivity contribution in [3.8, 4) is 0 Å². The van der Waals surface area contributed by atoms with Gasteiger partial charge in [0.15, 0.2) is 0 Å². The summed E-state index contributed by atoms with van der Waals surface area (Å²) in [7, 11) is 1.59. The molecule has 0 aromatic heterocycles. The van der Waals surface area contributed by atoms with Crippen LogP contribution in [0.15, 0.2) is 54.6 Å². The molecule has 1 saturated heterocycles. The fourth-order valence-corrected chi connectivity index (χ4v) is 3.24. The lowest BCUT2D eigenvalue weighted by Gasteiger charge is -2.27. The fraction of sp³-hybridized carbons (Fsp3) is 0.286. The Morgan fingerprint density at radius 2 is 1.75 bits per heavy atom. The van der Waals surface area contributed by atoms with Crippen LogP contribution in [-0.2, 0) is 15.1 Å². The molecular weight excluding hydrogens is 361 g/mol. The second kappa shape index (κ2) is 7.42. The van der Waals surface area contributed by atoms with Gasteiger partial charge in [-0.1, -0.05) is 42.5 Å². The highest BCUT2D eigenvalue weighted by atomic mass is 19.1. The molecule has 0 radical (unpaired) electrons. The van der Waals surface area contributed by atoms with Crippen molar-refractivity contribution in [2.45, 2.75) is 25.4 Å². The van der Waals surface area contributed by atoms with E-state index in [0.717, 1.165) is 10.5 Å². The van der Waals surface area contributed by atoms with Crippen molar-refractivity contribution >= 4 is 17.8 Å². The Balaban J connectivity index is 1.74. The summed E-state index contributed by atoms with van der Waals surface area (Å²) in [5, 5.41) is 2.68. The SMILES string of the molecule is CC(c1ccc(F)cc1)N(C)C(=O)CN1C(=O)NC(C)(c2ccccc2)C1=O. The molecule has 2 unspecified atom stereocenters. The highest BCUT2D eigenvalue weighted by molar-refractivity contribution is 6.09. The summed E-state index contributed by atoms with van der Waals surface area (Å²) in [6.07, 6.45) is 0. The van der Waals surface area contributed by atoms with Gasteiger partial charge < -0.3 is 10.2 Å². The van der Waals surface area contributed by atoms with Gasteiger partial charge in [-0.05, 0) is 37.1 Å². The van der Waals surface area contributed by atoms with Crippen molar-refractivity contribution in [3.63, 3.8) is 0 Å². The molecule has 1 heterocycles. The number of benzene rings is 2. The number of imide groups is 1. The third-order valence-electron chi connectivity index (χ3n) is 5.25. The lowest BCUT2D eigenvalue weighted by molar-refractivity contribution is -0.139. The molecule has 1 fully saturated rings. The summed E-state index contributed by atoms with van der Waals surface area (Å²) in [6.45, 7) is 3.05. The van der Waals surface area contributed by atoms with Gasteiger partial charge in [0.2, 0.25) is 5.91 Å². The molecule has 6 nitrogen and oxygen atoms in total. The maximum absolute atomic E-state index is 13.1. The molecule has 2 aromatic rings. The Hall–Kier alpha value is -3.22. The first kappa shape index (κ1) is 19.5. The van der Waals surface area contributed by atoms with E-state index in [2.05, 4.69) is 5.32 Å². The molecule has 2 aromatic carbocycles. The lowest BCUT2D eigenvalue weighted by Crippen LogP contribution is -2.44. The molecule has 4 amide bonds. The van der Waals surface area contributed by atoms with Crippen molar-refractivity contribution in [1.82, 2.24) is 15.1 Å². The van der Waals surface area contributed by atoms with Crippen LogP contribution in [0.3, 0.4) is 0 Å². The number of amides is 4. The minimum absolute atomic E-state index is 0.339. The molecular formula is C21H22FN3O3. The van der Waals surface area contributed by atoms with E-state index in [1.165, 1.54) is 17.0 Å². The first-order valence-electron chi connectivity index (χ1n) is 8.95. The van der Waals surface area contributed by atoms with E-state index >= 15 is 0 Å². The van der Waals surface area contributed by atoms with Gasteiger partial charge >= 0.3 is 6.03 Å². The number of urea groups is 1. The number of rotatable bonds is 5. The summed E-state index contributed by atoms with van der Waals surface area (Å²) in [6, 6.07) is 13.8. The van der Waals surface area contributed by atoms with Crippen LogP contribution in [0.1, 0.15) is 31.0 Å². The van der Waals surface area contributed by atoms with Gasteiger partial charge in [-0.15, -0.1) is 0 Å². The van der Waals surface area contributed by atoms with Gasteiger partial charge in [0.1, 0.15) is 17.9 Å². The topological polar surface area (TPSA) is 69.7 Å². The molecule has 0 spiro atoms.